The fourth-order valence-corrected chi connectivity index (χ4v) is 2.27. The summed E-state index contributed by atoms with van der Waals surface area (Å²) < 4.78 is 27.3. The molecule has 1 unspecified atom stereocenters. The van der Waals surface area contributed by atoms with Crippen LogP contribution >= 0.6 is 0 Å². The molecule has 1 saturated heterocycles. The molecule has 1 atom stereocenters. The van der Waals surface area contributed by atoms with Crippen molar-refractivity contribution in [3.63, 3.8) is 0 Å². The molecule has 0 bridgehead atoms. The van der Waals surface area contributed by atoms with Crippen LogP contribution in [0.3, 0.4) is 0 Å². The maximum absolute atomic E-state index is 13.7. The van der Waals surface area contributed by atoms with Gasteiger partial charge in [-0.1, -0.05) is 13.3 Å². The van der Waals surface area contributed by atoms with Crippen molar-refractivity contribution in [1.29, 1.82) is 0 Å². The summed E-state index contributed by atoms with van der Waals surface area (Å²) in [6, 6.07) is 2.15. The molecule has 98 valence electrons. The van der Waals surface area contributed by atoms with Gasteiger partial charge < -0.3 is 10.6 Å². The molecule has 0 spiro atoms. The molecule has 18 heavy (non-hydrogen) atoms. The van der Waals surface area contributed by atoms with Gasteiger partial charge in [-0.3, -0.25) is 4.79 Å². The molecule has 3 nitrogen and oxygen atoms in total. The average Bonchev–Trinajstić information content (AvgIpc) is 2.83. The van der Waals surface area contributed by atoms with E-state index in [4.69, 9.17) is 5.73 Å². The summed E-state index contributed by atoms with van der Waals surface area (Å²) in [4.78, 5) is 13.6. The summed E-state index contributed by atoms with van der Waals surface area (Å²) >= 11 is 0. The third kappa shape index (κ3) is 2.17. The quantitative estimate of drug-likeness (QED) is 0.824. The average molecular weight is 254 g/mol. The van der Waals surface area contributed by atoms with Gasteiger partial charge in [0.25, 0.3) is 5.91 Å². The van der Waals surface area contributed by atoms with Crippen LogP contribution in [0.1, 0.15) is 30.1 Å². The fraction of sp³-hybridized carbons (Fsp3) is 0.462. The zero-order valence-electron chi connectivity index (χ0n) is 10.2. The molecule has 1 aliphatic rings. The Bertz CT molecular complexity index is 476. The van der Waals surface area contributed by atoms with Crippen LogP contribution in [0.25, 0.3) is 0 Å². The monoisotopic (exact) mass is 254 g/mol. The summed E-state index contributed by atoms with van der Waals surface area (Å²) in [5, 5.41) is 0. The predicted octanol–water partition coefficient (Wildman–Crippen LogP) is 2.42. The Morgan fingerprint density at radius 2 is 2.22 bits per heavy atom. The van der Waals surface area contributed by atoms with E-state index >= 15 is 0 Å². The number of nitrogen functional groups attached to an aromatic ring is 1. The minimum atomic E-state index is -0.958. The maximum atomic E-state index is 13.7. The van der Waals surface area contributed by atoms with E-state index in [1.54, 1.807) is 0 Å². The molecule has 0 aromatic heterocycles. The van der Waals surface area contributed by atoms with Crippen molar-refractivity contribution in [3.8, 4) is 0 Å². The van der Waals surface area contributed by atoms with Crippen LogP contribution in [0.2, 0.25) is 0 Å². The van der Waals surface area contributed by atoms with Gasteiger partial charge in [-0.15, -0.1) is 0 Å². The van der Waals surface area contributed by atoms with E-state index in [2.05, 4.69) is 0 Å². The van der Waals surface area contributed by atoms with Crippen molar-refractivity contribution in [2.24, 2.45) is 5.92 Å². The van der Waals surface area contributed by atoms with Crippen LogP contribution in [-0.2, 0) is 0 Å². The maximum Gasteiger partial charge on any atom is 0.259 e. The molecule has 0 radical (unpaired) electrons. The first-order chi connectivity index (χ1) is 8.54. The van der Waals surface area contributed by atoms with Gasteiger partial charge in [-0.25, -0.2) is 8.78 Å². The van der Waals surface area contributed by atoms with Gasteiger partial charge in [0.2, 0.25) is 0 Å². The van der Waals surface area contributed by atoms with E-state index < -0.39 is 23.1 Å². The molecular formula is C13H16F2N2O. The van der Waals surface area contributed by atoms with Gasteiger partial charge in [-0.2, -0.15) is 0 Å². The number of likely N-dealkylation sites (tertiary alicyclic amines) is 1. The van der Waals surface area contributed by atoms with Crippen LogP contribution in [0.15, 0.2) is 12.1 Å². The number of halogens is 2. The molecular weight excluding hydrogens is 238 g/mol. The van der Waals surface area contributed by atoms with Crippen LogP contribution < -0.4 is 5.73 Å². The molecule has 2 N–H and O–H groups in total. The highest BCUT2D eigenvalue weighted by Crippen LogP contribution is 2.25. The lowest BCUT2D eigenvalue weighted by Gasteiger charge is -2.17. The summed E-state index contributed by atoms with van der Waals surface area (Å²) in [5.41, 5.74) is 4.63. The second kappa shape index (κ2) is 4.92. The third-order valence-corrected chi connectivity index (χ3v) is 3.49. The standard InChI is InChI=1S/C13H16F2N2O/c1-2-8-5-6-17(7-8)13(18)11-9(14)3-4-10(16)12(11)15/h3-4,8H,2,5-7,16H2,1H3. The molecule has 1 aromatic carbocycles. The largest absolute Gasteiger partial charge is 0.396 e. The molecule has 0 aliphatic carbocycles. The van der Waals surface area contributed by atoms with E-state index in [-0.39, 0.29) is 5.69 Å². The van der Waals surface area contributed by atoms with Crippen LogP contribution in [0.5, 0.6) is 0 Å². The minimum Gasteiger partial charge on any atom is -0.396 e. The molecule has 1 aliphatic heterocycles. The van der Waals surface area contributed by atoms with Crippen molar-refractivity contribution in [2.75, 3.05) is 18.8 Å². The van der Waals surface area contributed by atoms with Crippen molar-refractivity contribution in [3.05, 3.63) is 29.3 Å². The molecule has 1 heterocycles. The zero-order valence-corrected chi connectivity index (χ0v) is 10.2. The zero-order chi connectivity index (χ0) is 13.3. The van der Waals surface area contributed by atoms with Crippen molar-refractivity contribution < 1.29 is 13.6 Å². The molecule has 1 amide bonds. The number of nitrogens with zero attached hydrogens (tertiary/aromatic N) is 1. The van der Waals surface area contributed by atoms with Gasteiger partial charge in [0.1, 0.15) is 11.4 Å². The number of carbonyl (C=O) groups excluding carboxylic acids is 1. The second-order valence-corrected chi connectivity index (χ2v) is 4.64. The van der Waals surface area contributed by atoms with Gasteiger partial charge in [0, 0.05) is 13.1 Å². The van der Waals surface area contributed by atoms with E-state index in [9.17, 15) is 13.6 Å². The van der Waals surface area contributed by atoms with Crippen LogP contribution in [0, 0.1) is 17.6 Å². The lowest BCUT2D eigenvalue weighted by atomic mass is 10.1. The van der Waals surface area contributed by atoms with Crippen molar-refractivity contribution in [2.45, 2.75) is 19.8 Å². The fourth-order valence-electron chi connectivity index (χ4n) is 2.27. The summed E-state index contributed by atoms with van der Waals surface area (Å²) in [6.07, 6.45) is 1.85. The first kappa shape index (κ1) is 12.8. The topological polar surface area (TPSA) is 46.3 Å². The first-order valence-electron chi connectivity index (χ1n) is 6.07. The Kier molecular flexibility index (Phi) is 3.50. The summed E-state index contributed by atoms with van der Waals surface area (Å²) in [7, 11) is 0. The molecule has 1 fully saturated rings. The lowest BCUT2D eigenvalue weighted by molar-refractivity contribution is 0.0777. The molecule has 5 heteroatoms. The Balaban J connectivity index is 2.27. The highest BCUT2D eigenvalue weighted by Gasteiger charge is 2.29. The summed E-state index contributed by atoms with van der Waals surface area (Å²) in [5.74, 6) is -2.00. The number of rotatable bonds is 2. The number of anilines is 1. The Hall–Kier alpha value is -1.65. The smallest absolute Gasteiger partial charge is 0.259 e. The number of hydrogen-bond donors (Lipinski definition) is 1. The molecule has 1 aromatic rings. The Morgan fingerprint density at radius 3 is 2.83 bits per heavy atom. The van der Waals surface area contributed by atoms with Crippen LogP contribution in [0.4, 0.5) is 14.5 Å². The normalized spacial score (nSPS) is 19.3. The Morgan fingerprint density at radius 1 is 1.50 bits per heavy atom. The van der Waals surface area contributed by atoms with E-state index in [0.29, 0.717) is 19.0 Å². The summed E-state index contributed by atoms with van der Waals surface area (Å²) in [6.45, 7) is 3.15. The van der Waals surface area contributed by atoms with Gasteiger partial charge >= 0.3 is 0 Å². The number of nitrogens with two attached hydrogens (primary N) is 1. The minimum absolute atomic E-state index is 0.203. The number of amides is 1. The van der Waals surface area contributed by atoms with Crippen LogP contribution in [-0.4, -0.2) is 23.9 Å². The molecule has 2 rings (SSSR count). The highest BCUT2D eigenvalue weighted by atomic mass is 19.1. The van der Waals surface area contributed by atoms with E-state index in [0.717, 1.165) is 25.0 Å². The lowest BCUT2D eigenvalue weighted by Crippen LogP contribution is -2.30. The van der Waals surface area contributed by atoms with Crippen molar-refractivity contribution >= 4 is 11.6 Å². The predicted molar refractivity (Wildman–Crippen MR) is 65.1 cm³/mol. The molecule has 0 saturated carbocycles. The van der Waals surface area contributed by atoms with E-state index in [1.165, 1.54) is 4.90 Å². The number of benzene rings is 1. The van der Waals surface area contributed by atoms with Crippen molar-refractivity contribution in [1.82, 2.24) is 4.90 Å². The third-order valence-electron chi connectivity index (χ3n) is 3.49. The first-order valence-corrected chi connectivity index (χ1v) is 6.07. The van der Waals surface area contributed by atoms with E-state index in [1.807, 2.05) is 6.92 Å². The highest BCUT2D eigenvalue weighted by molar-refractivity contribution is 5.95. The SMILES string of the molecule is CCC1CCN(C(=O)c2c(F)ccc(N)c2F)C1. The van der Waals surface area contributed by atoms with Gasteiger partial charge in [0.15, 0.2) is 5.82 Å². The number of carbonyl (C=O) groups is 1. The number of hydrogen-bond acceptors (Lipinski definition) is 2. The second-order valence-electron chi connectivity index (χ2n) is 4.64. The van der Waals surface area contributed by atoms with Gasteiger partial charge in [-0.05, 0) is 24.5 Å². The Labute approximate surface area is 105 Å². The van der Waals surface area contributed by atoms with Gasteiger partial charge in [0.05, 0.1) is 5.69 Å².